The van der Waals surface area contributed by atoms with E-state index in [1.54, 1.807) is 21.4 Å². The average molecular weight is 382 g/mol. The lowest BCUT2D eigenvalue weighted by atomic mass is 10.3. The third-order valence-corrected chi connectivity index (χ3v) is 4.68. The summed E-state index contributed by atoms with van der Waals surface area (Å²) in [6.07, 6.45) is -0.957. The zero-order chi connectivity index (χ0) is 18.2. The van der Waals surface area contributed by atoms with Crippen LogP contribution in [0.2, 0.25) is 0 Å². The Labute approximate surface area is 151 Å². The molecule has 0 bridgehead atoms. The van der Waals surface area contributed by atoms with Crippen LogP contribution in [0.15, 0.2) is 0 Å². The number of carbonyl (C=O) groups excluding carboxylic acids is 2. The van der Waals surface area contributed by atoms with E-state index in [1.807, 2.05) is 14.0 Å². The molecule has 0 aromatic carbocycles. The van der Waals surface area contributed by atoms with Crippen molar-refractivity contribution >= 4 is 40.6 Å². The van der Waals surface area contributed by atoms with Crippen molar-refractivity contribution in [3.05, 3.63) is 0 Å². The second kappa shape index (κ2) is 15.9. The molecule has 0 spiro atoms. The Morgan fingerprint density at radius 1 is 1.29 bits per heavy atom. The molecule has 0 aliphatic carbocycles. The third kappa shape index (κ3) is 12.8. The quantitative estimate of drug-likeness (QED) is 0.166. The lowest BCUT2D eigenvalue weighted by molar-refractivity contribution is -0.181. The molecule has 3 N–H and O–H groups in total. The summed E-state index contributed by atoms with van der Waals surface area (Å²) < 4.78 is 15.4. The largest absolute Gasteiger partial charge is 0.444 e. The van der Waals surface area contributed by atoms with E-state index in [9.17, 15) is 9.59 Å². The van der Waals surface area contributed by atoms with Gasteiger partial charge in [0.1, 0.15) is 6.61 Å². The molecule has 0 aliphatic rings. The zero-order valence-corrected chi connectivity index (χ0v) is 16.0. The van der Waals surface area contributed by atoms with Crippen molar-refractivity contribution in [1.82, 2.24) is 10.6 Å². The van der Waals surface area contributed by atoms with E-state index in [-0.39, 0.29) is 38.2 Å². The van der Waals surface area contributed by atoms with Crippen LogP contribution in [0.1, 0.15) is 19.8 Å². The molecule has 24 heavy (non-hydrogen) atoms. The van der Waals surface area contributed by atoms with Crippen LogP contribution in [-0.2, 0) is 19.0 Å². The molecule has 0 heterocycles. The maximum atomic E-state index is 11.5. The van der Waals surface area contributed by atoms with Gasteiger partial charge in [0.25, 0.3) is 0 Å². The fourth-order valence-corrected chi connectivity index (χ4v) is 2.62. The van der Waals surface area contributed by atoms with Gasteiger partial charge in [0.2, 0.25) is 5.91 Å². The maximum absolute atomic E-state index is 11.5. The number of hydrogen-bond donors (Lipinski definition) is 3. The van der Waals surface area contributed by atoms with Crippen molar-refractivity contribution in [2.75, 3.05) is 39.2 Å². The summed E-state index contributed by atoms with van der Waals surface area (Å²) in [7, 11) is 6.72. The highest BCUT2D eigenvalue weighted by Crippen LogP contribution is 2.13. The van der Waals surface area contributed by atoms with Crippen LogP contribution in [0, 0.1) is 0 Å². The Hall–Kier alpha value is -0.615. The SMILES string of the molecule is BSSCCNC(=O)CCNC(=O)OCC(OC)OC(CC)CO. The number of alkyl carbamates (subject to hydrolysis) is 1. The molecular weight excluding hydrogens is 355 g/mol. The smallest absolute Gasteiger partial charge is 0.407 e. The minimum atomic E-state index is -0.745. The summed E-state index contributed by atoms with van der Waals surface area (Å²) in [5.74, 6) is 0.719. The number of amides is 2. The first-order valence-electron chi connectivity index (χ1n) is 7.69. The molecule has 8 nitrogen and oxygen atoms in total. The highest BCUT2D eigenvalue weighted by atomic mass is 33.1. The molecular formula is C13H27BN2O6S2. The van der Waals surface area contributed by atoms with E-state index in [1.165, 1.54) is 7.11 Å². The first-order valence-corrected chi connectivity index (χ1v) is 10.4. The number of aliphatic hydroxyl groups is 1. The fraction of sp³-hybridized carbons (Fsp3) is 0.846. The predicted molar refractivity (Wildman–Crippen MR) is 98.6 cm³/mol. The van der Waals surface area contributed by atoms with Crippen LogP contribution < -0.4 is 10.6 Å². The van der Waals surface area contributed by atoms with E-state index in [4.69, 9.17) is 19.3 Å². The average Bonchev–Trinajstić information content (AvgIpc) is 2.59. The van der Waals surface area contributed by atoms with Crippen molar-refractivity contribution < 1.29 is 28.9 Å². The van der Waals surface area contributed by atoms with Gasteiger partial charge < -0.3 is 30.0 Å². The number of hydrogen-bond acceptors (Lipinski definition) is 8. The minimum absolute atomic E-state index is 0.100. The summed E-state index contributed by atoms with van der Waals surface area (Å²) in [5, 5.41) is 14.3. The lowest BCUT2D eigenvalue weighted by Gasteiger charge is -2.21. The van der Waals surface area contributed by atoms with Gasteiger partial charge in [-0.2, -0.15) is 10.6 Å². The van der Waals surface area contributed by atoms with Crippen molar-refractivity contribution in [2.45, 2.75) is 32.2 Å². The molecule has 140 valence electrons. The predicted octanol–water partition coefficient (Wildman–Crippen LogP) is -0.0916. The van der Waals surface area contributed by atoms with Gasteiger partial charge in [-0.1, -0.05) is 6.92 Å². The Morgan fingerprint density at radius 2 is 2.04 bits per heavy atom. The Morgan fingerprint density at radius 3 is 2.62 bits per heavy atom. The number of rotatable bonds is 14. The Kier molecular flexibility index (Phi) is 15.5. The zero-order valence-electron chi connectivity index (χ0n) is 14.4. The molecule has 0 radical (unpaired) electrons. The maximum Gasteiger partial charge on any atom is 0.407 e. The van der Waals surface area contributed by atoms with Gasteiger partial charge in [-0.15, -0.1) is 10.8 Å². The van der Waals surface area contributed by atoms with Crippen LogP contribution in [-0.4, -0.2) is 75.8 Å². The molecule has 2 amide bonds. The van der Waals surface area contributed by atoms with Gasteiger partial charge >= 0.3 is 6.09 Å². The van der Waals surface area contributed by atoms with E-state index < -0.39 is 12.4 Å². The van der Waals surface area contributed by atoms with Gasteiger partial charge in [-0.3, -0.25) is 4.79 Å². The summed E-state index contributed by atoms with van der Waals surface area (Å²) in [6.45, 7) is 2.42. The topological polar surface area (TPSA) is 106 Å². The molecule has 0 fully saturated rings. The lowest BCUT2D eigenvalue weighted by Crippen LogP contribution is -2.35. The molecule has 2 atom stereocenters. The van der Waals surface area contributed by atoms with E-state index in [0.717, 1.165) is 5.75 Å². The van der Waals surface area contributed by atoms with Crippen molar-refractivity contribution in [3.63, 3.8) is 0 Å². The number of aliphatic hydroxyl groups excluding tert-OH is 1. The van der Waals surface area contributed by atoms with E-state index in [2.05, 4.69) is 10.6 Å². The molecule has 0 aromatic heterocycles. The number of methoxy groups -OCH3 is 1. The van der Waals surface area contributed by atoms with Gasteiger partial charge in [0.15, 0.2) is 13.4 Å². The summed E-state index contributed by atoms with van der Waals surface area (Å²) >= 11 is 0. The highest BCUT2D eigenvalue weighted by Gasteiger charge is 2.16. The molecule has 0 aliphatic heterocycles. The van der Waals surface area contributed by atoms with Crippen molar-refractivity contribution in [2.24, 2.45) is 0 Å². The number of carbonyl (C=O) groups is 2. The normalized spacial score (nSPS) is 13.1. The van der Waals surface area contributed by atoms with Crippen LogP contribution in [0.4, 0.5) is 4.79 Å². The minimum Gasteiger partial charge on any atom is -0.444 e. The Balaban J connectivity index is 3.79. The first kappa shape index (κ1) is 23.4. The highest BCUT2D eigenvalue weighted by molar-refractivity contribution is 8.84. The van der Waals surface area contributed by atoms with Crippen LogP contribution in [0.3, 0.4) is 0 Å². The van der Waals surface area contributed by atoms with Crippen LogP contribution >= 0.6 is 21.4 Å². The first-order chi connectivity index (χ1) is 11.6. The monoisotopic (exact) mass is 382 g/mol. The van der Waals surface area contributed by atoms with Gasteiger partial charge in [0, 0.05) is 32.4 Å². The molecule has 0 aromatic rings. The van der Waals surface area contributed by atoms with Gasteiger partial charge in [-0.05, 0) is 6.42 Å². The van der Waals surface area contributed by atoms with Crippen molar-refractivity contribution in [3.8, 4) is 0 Å². The Bertz CT molecular complexity index is 350. The summed E-state index contributed by atoms with van der Waals surface area (Å²) in [4.78, 5) is 23.0. The van der Waals surface area contributed by atoms with Gasteiger partial charge in [-0.25, -0.2) is 4.79 Å². The van der Waals surface area contributed by atoms with Gasteiger partial charge in [0.05, 0.1) is 12.7 Å². The van der Waals surface area contributed by atoms with Crippen LogP contribution in [0.25, 0.3) is 0 Å². The number of nitrogens with one attached hydrogen (secondary N) is 2. The summed E-state index contributed by atoms with van der Waals surface area (Å²) in [5.41, 5.74) is 0. The molecule has 0 rings (SSSR count). The summed E-state index contributed by atoms with van der Waals surface area (Å²) in [6, 6.07) is 0. The molecule has 0 saturated heterocycles. The van der Waals surface area contributed by atoms with E-state index in [0.29, 0.717) is 13.0 Å². The standard InChI is InChI=1S/C13H27BN2O6S2/c1-3-10(8-17)22-12(20-2)9-21-13(19)16-5-4-11(18)15-6-7-23-24-14/h10,12,17H,3-9,14H2,1-2H3,(H,15,18)(H,16,19). The second-order valence-electron chi connectivity index (χ2n) is 4.63. The van der Waals surface area contributed by atoms with Crippen LogP contribution in [0.5, 0.6) is 0 Å². The van der Waals surface area contributed by atoms with Crippen molar-refractivity contribution in [1.29, 1.82) is 0 Å². The third-order valence-electron chi connectivity index (χ3n) is 2.86. The molecule has 0 saturated carbocycles. The van der Waals surface area contributed by atoms with E-state index >= 15 is 0 Å². The molecule has 2 unspecified atom stereocenters. The fourth-order valence-electron chi connectivity index (χ4n) is 1.52. The number of ether oxygens (including phenoxy) is 3. The second-order valence-corrected chi connectivity index (χ2v) is 7.31. The molecule has 11 heteroatoms.